The van der Waals surface area contributed by atoms with Crippen LogP contribution in [0.3, 0.4) is 0 Å². The fourth-order valence-corrected chi connectivity index (χ4v) is 3.02. The molecule has 0 spiro atoms. The molecule has 2 amide bonds. The Morgan fingerprint density at radius 1 is 1.55 bits per heavy atom. The van der Waals surface area contributed by atoms with Crippen LogP contribution in [0, 0.1) is 11.3 Å². The predicted molar refractivity (Wildman–Crippen MR) is 74.0 cm³/mol. The Balaban J connectivity index is 1.95. The first kappa shape index (κ1) is 14.2. The van der Waals surface area contributed by atoms with E-state index in [1.807, 2.05) is 6.07 Å². The second kappa shape index (κ2) is 6.30. The summed E-state index contributed by atoms with van der Waals surface area (Å²) in [5, 5.41) is 20.5. The molecule has 0 aliphatic carbocycles. The zero-order valence-electron chi connectivity index (χ0n) is 10.6. The monoisotopic (exact) mass is 291 g/mol. The van der Waals surface area contributed by atoms with Crippen molar-refractivity contribution in [3.8, 4) is 6.07 Å². The van der Waals surface area contributed by atoms with Gasteiger partial charge >= 0.3 is 12.0 Å². The van der Waals surface area contributed by atoms with Crippen LogP contribution in [-0.4, -0.2) is 39.7 Å². The molecule has 2 N–H and O–H groups in total. The molecule has 0 unspecified atom stereocenters. The lowest BCUT2D eigenvalue weighted by atomic mass is 10.1. The van der Waals surface area contributed by atoms with E-state index in [1.54, 1.807) is 24.3 Å². The van der Waals surface area contributed by atoms with Crippen LogP contribution in [0.4, 0.5) is 4.79 Å². The maximum Gasteiger partial charge on any atom is 0.327 e. The molecule has 1 fully saturated rings. The van der Waals surface area contributed by atoms with Gasteiger partial charge in [-0.3, -0.25) is 0 Å². The molecule has 20 heavy (non-hydrogen) atoms. The highest BCUT2D eigenvalue weighted by Crippen LogP contribution is 2.21. The van der Waals surface area contributed by atoms with Crippen molar-refractivity contribution in [2.24, 2.45) is 0 Å². The molecule has 0 aromatic heterocycles. The minimum absolute atomic E-state index is 0.266. The van der Waals surface area contributed by atoms with Gasteiger partial charge < -0.3 is 15.3 Å². The van der Waals surface area contributed by atoms with Gasteiger partial charge in [-0.15, -0.1) is 11.8 Å². The molecule has 1 aliphatic rings. The van der Waals surface area contributed by atoms with Crippen molar-refractivity contribution in [3.05, 3.63) is 35.4 Å². The number of nitrogens with one attached hydrogen (secondary N) is 1. The van der Waals surface area contributed by atoms with Gasteiger partial charge in [0.2, 0.25) is 0 Å². The number of nitriles is 1. The first-order chi connectivity index (χ1) is 9.61. The molecule has 1 aromatic carbocycles. The molecule has 104 valence electrons. The number of benzene rings is 1. The van der Waals surface area contributed by atoms with Crippen LogP contribution >= 0.6 is 11.8 Å². The van der Waals surface area contributed by atoms with Crippen molar-refractivity contribution < 1.29 is 14.7 Å². The van der Waals surface area contributed by atoms with Crippen molar-refractivity contribution in [1.82, 2.24) is 10.2 Å². The number of nitrogens with zero attached hydrogens (tertiary/aromatic N) is 2. The molecule has 1 aliphatic heterocycles. The number of hydrogen-bond donors (Lipinski definition) is 2. The average Bonchev–Trinajstić information content (AvgIpc) is 2.94. The quantitative estimate of drug-likeness (QED) is 0.873. The topological polar surface area (TPSA) is 93.4 Å². The predicted octanol–water partition coefficient (Wildman–Crippen LogP) is 1.23. The highest BCUT2D eigenvalue weighted by Gasteiger charge is 2.34. The summed E-state index contributed by atoms with van der Waals surface area (Å²) in [6.07, 6.45) is 0. The fourth-order valence-electron chi connectivity index (χ4n) is 1.88. The standard InChI is InChI=1S/C13H13N3O3S/c14-5-9-2-1-3-10(4-9)6-15-13(19)16-8-20-7-11(16)12(17)18/h1-4,11H,6-8H2,(H,15,19)(H,17,18)/t11-/m0/s1. The van der Waals surface area contributed by atoms with Gasteiger partial charge in [0.1, 0.15) is 6.04 Å². The van der Waals surface area contributed by atoms with E-state index in [1.165, 1.54) is 16.7 Å². The number of aliphatic carboxylic acids is 1. The van der Waals surface area contributed by atoms with Crippen molar-refractivity contribution in [2.45, 2.75) is 12.6 Å². The molecule has 0 radical (unpaired) electrons. The van der Waals surface area contributed by atoms with Gasteiger partial charge in [-0.1, -0.05) is 12.1 Å². The van der Waals surface area contributed by atoms with Gasteiger partial charge in [-0.05, 0) is 17.7 Å². The summed E-state index contributed by atoms with van der Waals surface area (Å²) < 4.78 is 0. The van der Waals surface area contributed by atoms with Crippen molar-refractivity contribution in [1.29, 1.82) is 5.26 Å². The lowest BCUT2D eigenvalue weighted by Crippen LogP contribution is -2.46. The van der Waals surface area contributed by atoms with Gasteiger partial charge in [0.15, 0.2) is 0 Å². The number of carbonyl (C=O) groups excluding carboxylic acids is 1. The van der Waals surface area contributed by atoms with Crippen molar-refractivity contribution in [3.63, 3.8) is 0 Å². The van der Waals surface area contributed by atoms with Crippen LogP contribution in [0.5, 0.6) is 0 Å². The van der Waals surface area contributed by atoms with E-state index in [-0.39, 0.29) is 6.54 Å². The SMILES string of the molecule is N#Cc1cccc(CNC(=O)N2CSC[C@H]2C(=O)O)c1. The zero-order valence-corrected chi connectivity index (χ0v) is 11.4. The molecule has 1 saturated heterocycles. The number of urea groups is 1. The maximum atomic E-state index is 12.0. The summed E-state index contributed by atoms with van der Waals surface area (Å²) in [5.41, 5.74) is 1.33. The third-order valence-electron chi connectivity index (χ3n) is 2.93. The summed E-state index contributed by atoms with van der Waals surface area (Å²) in [7, 11) is 0. The second-order valence-electron chi connectivity index (χ2n) is 4.29. The Kier molecular flexibility index (Phi) is 4.48. The third kappa shape index (κ3) is 3.22. The number of hydrogen-bond acceptors (Lipinski definition) is 4. The molecule has 0 saturated carbocycles. The van der Waals surface area contributed by atoms with Crippen LogP contribution in [-0.2, 0) is 11.3 Å². The van der Waals surface area contributed by atoms with E-state index < -0.39 is 18.0 Å². The van der Waals surface area contributed by atoms with E-state index in [4.69, 9.17) is 10.4 Å². The maximum absolute atomic E-state index is 12.0. The molecule has 6 nitrogen and oxygen atoms in total. The summed E-state index contributed by atoms with van der Waals surface area (Å²) >= 11 is 1.42. The lowest BCUT2D eigenvalue weighted by Gasteiger charge is -2.20. The Morgan fingerprint density at radius 3 is 3.05 bits per heavy atom. The van der Waals surface area contributed by atoms with Gasteiger partial charge in [-0.2, -0.15) is 5.26 Å². The first-order valence-electron chi connectivity index (χ1n) is 5.96. The minimum atomic E-state index is -0.989. The number of rotatable bonds is 3. The molecule has 7 heteroatoms. The number of carboxylic acid groups (broad SMARTS) is 1. The molecular formula is C13H13N3O3S. The average molecular weight is 291 g/mol. The molecule has 1 aromatic rings. The second-order valence-corrected chi connectivity index (χ2v) is 5.29. The Hall–Kier alpha value is -2.20. The van der Waals surface area contributed by atoms with Gasteiger partial charge in [0.25, 0.3) is 0 Å². The van der Waals surface area contributed by atoms with Crippen molar-refractivity contribution >= 4 is 23.8 Å². The van der Waals surface area contributed by atoms with Crippen LogP contribution in [0.25, 0.3) is 0 Å². The number of amides is 2. The van der Waals surface area contributed by atoms with Crippen LogP contribution in [0.15, 0.2) is 24.3 Å². The summed E-state index contributed by atoms with van der Waals surface area (Å²) in [5.74, 6) is -0.204. The molecule has 2 rings (SSSR count). The van der Waals surface area contributed by atoms with E-state index in [0.29, 0.717) is 17.2 Å². The summed E-state index contributed by atoms with van der Waals surface area (Å²) in [4.78, 5) is 24.3. The van der Waals surface area contributed by atoms with E-state index in [0.717, 1.165) is 5.56 Å². The van der Waals surface area contributed by atoms with E-state index in [9.17, 15) is 9.59 Å². The Morgan fingerprint density at radius 2 is 2.35 bits per heavy atom. The Labute approximate surface area is 120 Å². The normalized spacial score (nSPS) is 17.6. The number of carbonyl (C=O) groups is 2. The molecular weight excluding hydrogens is 278 g/mol. The largest absolute Gasteiger partial charge is 0.480 e. The smallest absolute Gasteiger partial charge is 0.327 e. The van der Waals surface area contributed by atoms with Crippen LogP contribution < -0.4 is 5.32 Å². The van der Waals surface area contributed by atoms with Crippen LogP contribution in [0.1, 0.15) is 11.1 Å². The van der Waals surface area contributed by atoms with Gasteiger partial charge in [-0.25, -0.2) is 9.59 Å². The minimum Gasteiger partial charge on any atom is -0.480 e. The zero-order chi connectivity index (χ0) is 14.5. The first-order valence-corrected chi connectivity index (χ1v) is 7.11. The lowest BCUT2D eigenvalue weighted by molar-refractivity contribution is -0.140. The highest BCUT2D eigenvalue weighted by atomic mass is 32.2. The van der Waals surface area contributed by atoms with E-state index >= 15 is 0 Å². The molecule has 0 bridgehead atoms. The summed E-state index contributed by atoms with van der Waals surface area (Å²) in [6, 6.07) is 7.77. The molecule has 1 atom stereocenters. The van der Waals surface area contributed by atoms with Crippen molar-refractivity contribution in [2.75, 3.05) is 11.6 Å². The Bertz CT molecular complexity index is 570. The van der Waals surface area contributed by atoms with E-state index in [2.05, 4.69) is 5.32 Å². The fraction of sp³-hybridized carbons (Fsp3) is 0.308. The van der Waals surface area contributed by atoms with Gasteiger partial charge in [0.05, 0.1) is 17.5 Å². The third-order valence-corrected chi connectivity index (χ3v) is 3.94. The summed E-state index contributed by atoms with van der Waals surface area (Å²) in [6.45, 7) is 0.266. The number of thioether (sulfide) groups is 1. The van der Waals surface area contributed by atoms with Gasteiger partial charge in [0, 0.05) is 12.3 Å². The molecule has 1 heterocycles. The van der Waals surface area contributed by atoms with Crippen LogP contribution in [0.2, 0.25) is 0 Å². The number of carboxylic acids is 1. The highest BCUT2D eigenvalue weighted by molar-refractivity contribution is 7.99.